The molecular weight excluding hydrogens is 428 g/mol. The Morgan fingerprint density at radius 2 is 1.74 bits per heavy atom. The Hall–Kier alpha value is -3.74. The van der Waals surface area contributed by atoms with E-state index in [-0.39, 0.29) is 24.9 Å². The lowest BCUT2D eigenvalue weighted by molar-refractivity contribution is -0.143. The summed E-state index contributed by atoms with van der Waals surface area (Å²) in [6.45, 7) is 6.47. The zero-order valence-corrected chi connectivity index (χ0v) is 19.9. The van der Waals surface area contributed by atoms with E-state index in [9.17, 15) is 9.59 Å². The predicted octanol–water partition coefficient (Wildman–Crippen LogP) is 4.03. The lowest BCUT2D eigenvalue weighted by Crippen LogP contribution is -2.28. The maximum Gasteiger partial charge on any atom is 0.306 e. The molecule has 0 radical (unpaired) electrons. The molecule has 4 aromatic rings. The number of fused-ring (bicyclic) bond motifs is 3. The number of esters is 1. The second kappa shape index (κ2) is 10.5. The van der Waals surface area contributed by atoms with Gasteiger partial charge < -0.3 is 10.1 Å². The zero-order chi connectivity index (χ0) is 24.1. The van der Waals surface area contributed by atoms with Gasteiger partial charge in [0, 0.05) is 29.6 Å². The summed E-state index contributed by atoms with van der Waals surface area (Å²) in [6.07, 6.45) is 1.87. The van der Waals surface area contributed by atoms with Gasteiger partial charge in [0.2, 0.25) is 5.91 Å². The summed E-state index contributed by atoms with van der Waals surface area (Å²) in [5.74, 6) is -0.340. The van der Waals surface area contributed by atoms with Crippen molar-refractivity contribution in [1.82, 2.24) is 19.9 Å². The van der Waals surface area contributed by atoms with E-state index in [0.717, 1.165) is 39.1 Å². The minimum absolute atomic E-state index is 0.0474. The third kappa shape index (κ3) is 5.42. The molecule has 0 aliphatic rings. The maximum absolute atomic E-state index is 12.2. The van der Waals surface area contributed by atoms with Crippen molar-refractivity contribution in [3.05, 3.63) is 76.6 Å². The van der Waals surface area contributed by atoms with Gasteiger partial charge in [-0.2, -0.15) is 5.10 Å². The fourth-order valence-corrected chi connectivity index (χ4v) is 4.09. The van der Waals surface area contributed by atoms with Gasteiger partial charge in [-0.25, -0.2) is 9.50 Å². The number of benzene rings is 2. The average Bonchev–Trinajstić information content (AvgIpc) is 3.20. The molecule has 176 valence electrons. The first kappa shape index (κ1) is 23.4. The third-order valence-electron chi connectivity index (χ3n) is 6.05. The Kier molecular flexibility index (Phi) is 7.21. The minimum Gasteiger partial charge on any atom is -0.464 e. The van der Waals surface area contributed by atoms with Gasteiger partial charge in [-0.3, -0.25) is 9.59 Å². The monoisotopic (exact) mass is 458 g/mol. The van der Waals surface area contributed by atoms with Crippen molar-refractivity contribution >= 4 is 28.4 Å². The van der Waals surface area contributed by atoms with Gasteiger partial charge in [-0.1, -0.05) is 42.0 Å². The molecular formula is C27H30N4O3. The van der Waals surface area contributed by atoms with E-state index in [2.05, 4.69) is 10.4 Å². The number of carbonyl (C=O) groups excluding carboxylic acids is 2. The van der Waals surface area contributed by atoms with Gasteiger partial charge in [-0.15, -0.1) is 0 Å². The third-order valence-corrected chi connectivity index (χ3v) is 6.05. The van der Waals surface area contributed by atoms with Crippen molar-refractivity contribution in [3.8, 4) is 0 Å². The normalized spacial score (nSPS) is 11.1. The first-order valence-corrected chi connectivity index (χ1v) is 11.6. The van der Waals surface area contributed by atoms with Crippen LogP contribution in [0.4, 0.5) is 0 Å². The zero-order valence-electron chi connectivity index (χ0n) is 19.9. The summed E-state index contributed by atoms with van der Waals surface area (Å²) in [4.78, 5) is 29.0. The van der Waals surface area contributed by atoms with Gasteiger partial charge in [-0.05, 0) is 56.9 Å². The first-order chi connectivity index (χ1) is 16.4. The van der Waals surface area contributed by atoms with E-state index >= 15 is 0 Å². The highest BCUT2D eigenvalue weighted by Gasteiger charge is 2.15. The molecule has 4 rings (SSSR count). The molecule has 7 heteroatoms. The highest BCUT2D eigenvalue weighted by Crippen LogP contribution is 2.23. The van der Waals surface area contributed by atoms with Crippen molar-refractivity contribution in [1.29, 1.82) is 0 Å². The number of aromatic nitrogens is 3. The van der Waals surface area contributed by atoms with Gasteiger partial charge in [0.15, 0.2) is 5.65 Å². The standard InChI is InChI=1S/C27H30N4O3/c1-18-8-10-21(11-9-18)12-14-25(32)28-16-17-34-26(33)15-13-22-19(2)29-27-23-6-4-5-7-24(23)30-31(27)20(22)3/h4-11H,12-17H2,1-3H3,(H,28,32). The van der Waals surface area contributed by atoms with Crippen LogP contribution in [0.1, 0.15) is 40.9 Å². The number of hydrogen-bond acceptors (Lipinski definition) is 5. The van der Waals surface area contributed by atoms with Crippen molar-refractivity contribution in [3.63, 3.8) is 0 Å². The van der Waals surface area contributed by atoms with Crippen LogP contribution in [-0.4, -0.2) is 39.6 Å². The fourth-order valence-electron chi connectivity index (χ4n) is 4.09. The Morgan fingerprint density at radius 1 is 0.971 bits per heavy atom. The van der Waals surface area contributed by atoms with Crippen molar-refractivity contribution in [2.45, 2.75) is 46.5 Å². The van der Waals surface area contributed by atoms with Crippen LogP contribution in [0.5, 0.6) is 0 Å². The van der Waals surface area contributed by atoms with E-state index in [1.165, 1.54) is 5.56 Å². The second-order valence-corrected chi connectivity index (χ2v) is 8.57. The molecule has 1 N–H and O–H groups in total. The fraction of sp³-hybridized carbons (Fsp3) is 0.333. The van der Waals surface area contributed by atoms with Crippen LogP contribution in [0.3, 0.4) is 0 Å². The molecule has 0 spiro atoms. The Morgan fingerprint density at radius 3 is 2.53 bits per heavy atom. The molecule has 0 aliphatic carbocycles. The molecule has 0 aliphatic heterocycles. The van der Waals surface area contributed by atoms with Crippen LogP contribution >= 0.6 is 0 Å². The van der Waals surface area contributed by atoms with Crippen LogP contribution in [0.2, 0.25) is 0 Å². The first-order valence-electron chi connectivity index (χ1n) is 11.6. The molecule has 0 unspecified atom stereocenters. The van der Waals surface area contributed by atoms with E-state index in [1.807, 2.05) is 73.8 Å². The summed E-state index contributed by atoms with van der Waals surface area (Å²) in [5, 5.41) is 8.48. The van der Waals surface area contributed by atoms with Gasteiger partial charge in [0.1, 0.15) is 6.61 Å². The van der Waals surface area contributed by atoms with Crippen molar-refractivity contribution in [2.75, 3.05) is 13.2 Å². The Labute approximate surface area is 199 Å². The molecule has 7 nitrogen and oxygen atoms in total. The van der Waals surface area contributed by atoms with E-state index in [0.29, 0.717) is 25.8 Å². The van der Waals surface area contributed by atoms with Gasteiger partial charge in [0.25, 0.3) is 0 Å². The predicted molar refractivity (Wildman–Crippen MR) is 132 cm³/mol. The van der Waals surface area contributed by atoms with Crippen molar-refractivity contribution in [2.24, 2.45) is 0 Å². The SMILES string of the molecule is Cc1ccc(CCC(=O)NCCOC(=O)CCc2c(C)nc3c4ccccc4nn3c2C)cc1. The number of amides is 1. The van der Waals surface area contributed by atoms with Crippen molar-refractivity contribution < 1.29 is 14.3 Å². The molecule has 34 heavy (non-hydrogen) atoms. The largest absolute Gasteiger partial charge is 0.464 e. The molecule has 0 saturated carbocycles. The molecule has 0 bridgehead atoms. The Balaban J connectivity index is 1.23. The molecule has 2 heterocycles. The Bertz CT molecular complexity index is 1330. The quantitative estimate of drug-likeness (QED) is 0.302. The summed E-state index contributed by atoms with van der Waals surface area (Å²) in [6, 6.07) is 16.1. The topological polar surface area (TPSA) is 85.6 Å². The van der Waals surface area contributed by atoms with E-state index in [1.54, 1.807) is 0 Å². The van der Waals surface area contributed by atoms with Crippen LogP contribution in [0.15, 0.2) is 48.5 Å². The van der Waals surface area contributed by atoms with Crippen LogP contribution in [0, 0.1) is 20.8 Å². The number of rotatable bonds is 9. The van der Waals surface area contributed by atoms with Crippen LogP contribution < -0.4 is 5.32 Å². The average molecular weight is 459 g/mol. The smallest absolute Gasteiger partial charge is 0.306 e. The summed E-state index contributed by atoms with van der Waals surface area (Å²) >= 11 is 0. The van der Waals surface area contributed by atoms with Crippen LogP contribution in [-0.2, 0) is 27.2 Å². The van der Waals surface area contributed by atoms with Gasteiger partial charge in [0.05, 0.1) is 12.1 Å². The summed E-state index contributed by atoms with van der Waals surface area (Å²) < 4.78 is 7.16. The number of nitrogens with zero attached hydrogens (tertiary/aromatic N) is 3. The number of hydrogen-bond donors (Lipinski definition) is 1. The van der Waals surface area contributed by atoms with E-state index < -0.39 is 0 Å². The molecule has 0 fully saturated rings. The van der Waals surface area contributed by atoms with Crippen LogP contribution in [0.25, 0.3) is 16.6 Å². The molecule has 0 saturated heterocycles. The number of carbonyl (C=O) groups is 2. The maximum atomic E-state index is 12.2. The van der Waals surface area contributed by atoms with E-state index in [4.69, 9.17) is 9.72 Å². The highest BCUT2D eigenvalue weighted by molar-refractivity contribution is 5.92. The number of aryl methyl sites for hydroxylation is 4. The van der Waals surface area contributed by atoms with Gasteiger partial charge >= 0.3 is 5.97 Å². The molecule has 2 aromatic heterocycles. The molecule has 2 aromatic carbocycles. The lowest BCUT2D eigenvalue weighted by Gasteiger charge is -2.11. The minimum atomic E-state index is -0.293. The second-order valence-electron chi connectivity index (χ2n) is 8.57. The summed E-state index contributed by atoms with van der Waals surface area (Å²) in [7, 11) is 0. The lowest BCUT2D eigenvalue weighted by atomic mass is 10.1. The molecule has 1 amide bonds. The summed E-state index contributed by atoms with van der Waals surface area (Å²) in [5.41, 5.74) is 6.93. The number of nitrogens with one attached hydrogen (secondary N) is 1. The number of ether oxygens (including phenoxy) is 1. The highest BCUT2D eigenvalue weighted by atomic mass is 16.5. The molecule has 0 atom stereocenters.